The molecule has 0 aliphatic carbocycles. The van der Waals surface area contributed by atoms with E-state index in [1.54, 1.807) is 11.0 Å². The minimum atomic E-state index is -3.25. The normalized spacial score (nSPS) is 21.6. The molecular weight excluding hydrogens is 497 g/mol. The van der Waals surface area contributed by atoms with E-state index in [0.717, 1.165) is 16.9 Å². The summed E-state index contributed by atoms with van der Waals surface area (Å²) in [5.74, 6) is 0.904. The van der Waals surface area contributed by atoms with Crippen LogP contribution in [0, 0.1) is 12.8 Å². The van der Waals surface area contributed by atoms with Crippen LogP contribution in [-0.2, 0) is 10.0 Å². The smallest absolute Gasteiger partial charge is 0.320 e. The molecule has 2 heterocycles. The Bertz CT molecular complexity index is 1140. The number of amides is 2. The molecule has 0 N–H and O–H groups in total. The van der Waals surface area contributed by atoms with Crippen LogP contribution in [0.4, 0.5) is 4.79 Å². The first-order valence-electron chi connectivity index (χ1n) is 11.2. The van der Waals surface area contributed by atoms with Gasteiger partial charge >= 0.3 is 6.03 Å². The molecule has 2 aliphatic rings. The Labute approximate surface area is 211 Å². The molecule has 10 heteroatoms. The number of nitrogens with zero attached hydrogens (tertiary/aromatic N) is 3. The lowest BCUT2D eigenvalue weighted by Gasteiger charge is -2.35. The number of hydrogen-bond acceptors (Lipinski definition) is 4. The summed E-state index contributed by atoms with van der Waals surface area (Å²) in [5, 5.41) is 0.978. The summed E-state index contributed by atoms with van der Waals surface area (Å²) in [7, 11) is -3.25. The van der Waals surface area contributed by atoms with E-state index in [0.29, 0.717) is 55.9 Å². The van der Waals surface area contributed by atoms with E-state index in [4.69, 9.17) is 27.9 Å². The van der Waals surface area contributed by atoms with Gasteiger partial charge in [-0.3, -0.25) is 0 Å². The van der Waals surface area contributed by atoms with Gasteiger partial charge in [-0.05, 0) is 36.8 Å². The van der Waals surface area contributed by atoms with Gasteiger partial charge in [-0.2, -0.15) is 4.31 Å². The molecule has 2 fully saturated rings. The van der Waals surface area contributed by atoms with Crippen LogP contribution in [0.15, 0.2) is 42.5 Å². The molecule has 34 heavy (non-hydrogen) atoms. The second kappa shape index (κ2) is 10.3. The SMILES string of the molecule is Cc1ccc(OC[C@@H]2CN(C(=O)N3CCN(S(C)(=O)=O)CC3)C[C@H]2c2ccc(Cl)c(Cl)c2)cc1. The van der Waals surface area contributed by atoms with E-state index in [1.807, 2.05) is 48.2 Å². The topological polar surface area (TPSA) is 70.2 Å². The van der Waals surface area contributed by atoms with Crippen molar-refractivity contribution in [3.63, 3.8) is 0 Å². The number of ether oxygens (including phenoxy) is 1. The third kappa shape index (κ3) is 5.79. The highest BCUT2D eigenvalue weighted by atomic mass is 35.5. The van der Waals surface area contributed by atoms with Crippen molar-refractivity contribution in [2.45, 2.75) is 12.8 Å². The average molecular weight is 526 g/mol. The lowest BCUT2D eigenvalue weighted by molar-refractivity contribution is 0.139. The highest BCUT2D eigenvalue weighted by Gasteiger charge is 2.39. The molecule has 2 aromatic carbocycles. The van der Waals surface area contributed by atoms with Crippen LogP contribution >= 0.6 is 23.2 Å². The standard InChI is InChI=1S/C24H29Cl2N3O4S/c1-17-3-6-20(7-4-17)33-16-19-14-28(15-21(19)18-5-8-22(25)23(26)13-18)24(30)27-9-11-29(12-10-27)34(2,31)32/h3-8,13,19,21H,9-12,14-16H2,1-2H3/t19-,21-/m0/s1. The summed E-state index contributed by atoms with van der Waals surface area (Å²) in [4.78, 5) is 16.9. The molecular formula is C24H29Cl2N3O4S. The Balaban J connectivity index is 1.48. The minimum absolute atomic E-state index is 0.0430. The van der Waals surface area contributed by atoms with Crippen molar-refractivity contribution in [3.05, 3.63) is 63.6 Å². The number of likely N-dealkylation sites (tertiary alicyclic amines) is 1. The van der Waals surface area contributed by atoms with Crippen LogP contribution in [0.2, 0.25) is 10.0 Å². The van der Waals surface area contributed by atoms with E-state index in [9.17, 15) is 13.2 Å². The maximum atomic E-state index is 13.3. The van der Waals surface area contributed by atoms with Crippen molar-refractivity contribution in [1.82, 2.24) is 14.1 Å². The summed E-state index contributed by atoms with van der Waals surface area (Å²) in [6.45, 7) is 4.95. The van der Waals surface area contributed by atoms with Gasteiger partial charge in [-0.1, -0.05) is 47.0 Å². The molecule has 2 amide bonds. The fourth-order valence-corrected chi connectivity index (χ4v) is 5.70. The zero-order chi connectivity index (χ0) is 24.5. The second-order valence-electron chi connectivity index (χ2n) is 9.00. The quantitative estimate of drug-likeness (QED) is 0.589. The summed E-state index contributed by atoms with van der Waals surface area (Å²) in [5.41, 5.74) is 2.18. The van der Waals surface area contributed by atoms with Gasteiger partial charge in [-0.25, -0.2) is 13.2 Å². The number of hydrogen-bond donors (Lipinski definition) is 0. The molecule has 2 atom stereocenters. The largest absolute Gasteiger partial charge is 0.493 e. The number of halogens is 2. The molecule has 184 valence electrons. The molecule has 0 unspecified atom stereocenters. The molecule has 0 aromatic heterocycles. The zero-order valence-electron chi connectivity index (χ0n) is 19.3. The average Bonchev–Trinajstić information content (AvgIpc) is 3.24. The van der Waals surface area contributed by atoms with Crippen LogP contribution in [0.1, 0.15) is 17.0 Å². The zero-order valence-corrected chi connectivity index (χ0v) is 21.6. The fraction of sp³-hybridized carbons (Fsp3) is 0.458. The van der Waals surface area contributed by atoms with Crippen LogP contribution < -0.4 is 4.74 Å². The Kier molecular flexibility index (Phi) is 7.62. The molecule has 2 saturated heterocycles. The summed E-state index contributed by atoms with van der Waals surface area (Å²) in [6.07, 6.45) is 1.20. The van der Waals surface area contributed by atoms with E-state index in [1.165, 1.54) is 10.6 Å². The van der Waals surface area contributed by atoms with Gasteiger partial charge in [-0.15, -0.1) is 0 Å². The van der Waals surface area contributed by atoms with Gasteiger partial charge < -0.3 is 14.5 Å². The van der Waals surface area contributed by atoms with Crippen LogP contribution in [0.5, 0.6) is 5.75 Å². The summed E-state index contributed by atoms with van der Waals surface area (Å²) < 4.78 is 31.1. The maximum absolute atomic E-state index is 13.3. The Morgan fingerprint density at radius 2 is 1.65 bits per heavy atom. The van der Waals surface area contributed by atoms with Crippen molar-refractivity contribution in [2.75, 3.05) is 52.1 Å². The van der Waals surface area contributed by atoms with Crippen molar-refractivity contribution < 1.29 is 17.9 Å². The molecule has 0 radical (unpaired) electrons. The number of carbonyl (C=O) groups is 1. The molecule has 0 spiro atoms. The van der Waals surface area contributed by atoms with Gasteiger partial charge in [0.2, 0.25) is 10.0 Å². The number of rotatable bonds is 5. The van der Waals surface area contributed by atoms with Gasteiger partial charge in [0.1, 0.15) is 5.75 Å². The van der Waals surface area contributed by atoms with Crippen molar-refractivity contribution in [3.8, 4) is 5.75 Å². The first kappa shape index (κ1) is 25.1. The number of piperazine rings is 1. The monoisotopic (exact) mass is 525 g/mol. The molecule has 4 rings (SSSR count). The van der Waals surface area contributed by atoms with Crippen molar-refractivity contribution >= 4 is 39.3 Å². The second-order valence-corrected chi connectivity index (χ2v) is 11.8. The maximum Gasteiger partial charge on any atom is 0.320 e. The Hall–Kier alpha value is -2.00. The number of aryl methyl sites for hydroxylation is 1. The van der Waals surface area contributed by atoms with E-state index in [2.05, 4.69) is 0 Å². The highest BCUT2D eigenvalue weighted by molar-refractivity contribution is 7.88. The van der Waals surface area contributed by atoms with Crippen LogP contribution in [-0.4, -0.2) is 80.7 Å². The minimum Gasteiger partial charge on any atom is -0.493 e. The molecule has 2 aliphatic heterocycles. The summed E-state index contributed by atoms with van der Waals surface area (Å²) >= 11 is 12.4. The van der Waals surface area contributed by atoms with Crippen molar-refractivity contribution in [2.24, 2.45) is 5.92 Å². The van der Waals surface area contributed by atoms with E-state index < -0.39 is 10.0 Å². The van der Waals surface area contributed by atoms with E-state index >= 15 is 0 Å². The molecule has 7 nitrogen and oxygen atoms in total. The Morgan fingerprint density at radius 1 is 0.971 bits per heavy atom. The molecule has 2 aromatic rings. The number of sulfonamides is 1. The Morgan fingerprint density at radius 3 is 2.26 bits per heavy atom. The van der Waals surface area contributed by atoms with Gasteiger partial charge in [0.15, 0.2) is 0 Å². The number of urea groups is 1. The first-order chi connectivity index (χ1) is 16.1. The lowest BCUT2D eigenvalue weighted by Crippen LogP contribution is -2.53. The van der Waals surface area contributed by atoms with Crippen LogP contribution in [0.3, 0.4) is 0 Å². The van der Waals surface area contributed by atoms with Gasteiger partial charge in [0.25, 0.3) is 0 Å². The molecule has 0 bridgehead atoms. The fourth-order valence-electron chi connectivity index (χ4n) is 4.57. The number of benzene rings is 2. The highest BCUT2D eigenvalue weighted by Crippen LogP contribution is 2.36. The van der Waals surface area contributed by atoms with Gasteiger partial charge in [0.05, 0.1) is 22.9 Å². The first-order valence-corrected chi connectivity index (χ1v) is 13.9. The third-order valence-corrected chi connectivity index (χ3v) is 8.59. The summed E-state index contributed by atoms with van der Waals surface area (Å²) in [6, 6.07) is 13.4. The van der Waals surface area contributed by atoms with Crippen molar-refractivity contribution in [1.29, 1.82) is 0 Å². The van der Waals surface area contributed by atoms with E-state index in [-0.39, 0.29) is 17.9 Å². The predicted molar refractivity (Wildman–Crippen MR) is 134 cm³/mol. The molecule has 0 saturated carbocycles. The third-order valence-electron chi connectivity index (χ3n) is 6.55. The predicted octanol–water partition coefficient (Wildman–Crippen LogP) is 4.09. The lowest BCUT2D eigenvalue weighted by atomic mass is 9.89. The van der Waals surface area contributed by atoms with Gasteiger partial charge in [0, 0.05) is 51.1 Å². The van der Waals surface area contributed by atoms with Crippen LogP contribution in [0.25, 0.3) is 0 Å². The number of carbonyl (C=O) groups excluding carboxylic acids is 1.